The molecule has 40 heavy (non-hydrogen) atoms. The van der Waals surface area contributed by atoms with E-state index >= 15 is 0 Å². The van der Waals surface area contributed by atoms with Gasteiger partial charge in [0.15, 0.2) is 0 Å². The Morgan fingerprint density at radius 3 is 2.60 bits per heavy atom. The predicted molar refractivity (Wildman–Crippen MR) is 148 cm³/mol. The van der Waals surface area contributed by atoms with E-state index in [0.29, 0.717) is 50.5 Å². The Morgan fingerprint density at radius 2 is 1.85 bits per heavy atom. The van der Waals surface area contributed by atoms with Crippen LogP contribution in [0.3, 0.4) is 0 Å². The van der Waals surface area contributed by atoms with Crippen molar-refractivity contribution in [3.8, 4) is 0 Å². The summed E-state index contributed by atoms with van der Waals surface area (Å²) in [5.41, 5.74) is 3.46. The number of carbonyl (C=O) groups is 3. The predicted octanol–water partition coefficient (Wildman–Crippen LogP) is 3.84. The van der Waals surface area contributed by atoms with E-state index in [0.717, 1.165) is 30.4 Å². The quantitative estimate of drug-likeness (QED) is 0.620. The summed E-state index contributed by atoms with van der Waals surface area (Å²) in [5, 5.41) is 3.46. The van der Waals surface area contributed by atoms with E-state index in [2.05, 4.69) is 22.4 Å². The van der Waals surface area contributed by atoms with Gasteiger partial charge in [-0.25, -0.2) is 14.6 Å². The lowest BCUT2D eigenvalue weighted by atomic mass is 9.91. The number of amides is 3. The van der Waals surface area contributed by atoms with E-state index in [9.17, 15) is 14.4 Å². The van der Waals surface area contributed by atoms with Crippen LogP contribution in [0.1, 0.15) is 60.7 Å². The van der Waals surface area contributed by atoms with Crippen molar-refractivity contribution in [2.45, 2.75) is 76.8 Å². The summed E-state index contributed by atoms with van der Waals surface area (Å²) >= 11 is 0. The first-order valence-electron chi connectivity index (χ1n) is 14.2. The number of anilines is 1. The largest absolute Gasteiger partial charge is 0.444 e. The molecule has 6 rings (SSSR count). The number of fused-ring (bicyclic) bond motifs is 3. The lowest BCUT2D eigenvalue weighted by Crippen LogP contribution is -2.48. The molecular formula is C30H37N5O5. The third kappa shape index (κ3) is 5.31. The molecule has 0 saturated carbocycles. The Kier molecular flexibility index (Phi) is 6.80. The van der Waals surface area contributed by atoms with Gasteiger partial charge in [-0.15, -0.1) is 0 Å². The molecule has 3 amide bonds. The minimum Gasteiger partial charge on any atom is -0.444 e. The number of likely N-dealkylation sites (tertiary alicyclic amines) is 1. The van der Waals surface area contributed by atoms with Crippen LogP contribution in [0.2, 0.25) is 0 Å². The van der Waals surface area contributed by atoms with E-state index in [-0.39, 0.29) is 36.3 Å². The number of carbonyl (C=O) groups excluding carboxylic acids is 3. The number of nitrogens with zero attached hydrogens (tertiary/aromatic N) is 4. The Hall–Kier alpha value is -3.82. The Labute approximate surface area is 234 Å². The molecule has 10 nitrogen and oxygen atoms in total. The zero-order chi connectivity index (χ0) is 28.0. The van der Waals surface area contributed by atoms with Gasteiger partial charge in [-0.1, -0.05) is 24.3 Å². The number of rotatable bonds is 4. The summed E-state index contributed by atoms with van der Waals surface area (Å²) < 4.78 is 11.3. The molecule has 2 atom stereocenters. The molecule has 0 aliphatic carbocycles. The minimum absolute atomic E-state index is 0.0582. The molecule has 1 aromatic carbocycles. The highest BCUT2D eigenvalue weighted by atomic mass is 16.6. The molecule has 2 fully saturated rings. The zero-order valence-corrected chi connectivity index (χ0v) is 23.4. The number of hydrogen-bond donors (Lipinski definition) is 1. The van der Waals surface area contributed by atoms with Crippen LogP contribution in [0.5, 0.6) is 0 Å². The first-order chi connectivity index (χ1) is 19.1. The van der Waals surface area contributed by atoms with Gasteiger partial charge in [0.2, 0.25) is 0 Å². The third-order valence-corrected chi connectivity index (χ3v) is 8.26. The monoisotopic (exact) mass is 547 g/mol. The molecule has 4 aliphatic rings. The van der Waals surface area contributed by atoms with Gasteiger partial charge in [-0.2, -0.15) is 0 Å². The fourth-order valence-corrected chi connectivity index (χ4v) is 6.14. The lowest BCUT2D eigenvalue weighted by Gasteiger charge is -2.35. The van der Waals surface area contributed by atoms with Gasteiger partial charge in [-0.3, -0.25) is 9.69 Å². The molecule has 1 unspecified atom stereocenters. The summed E-state index contributed by atoms with van der Waals surface area (Å²) in [7, 11) is 0. The fourth-order valence-electron chi connectivity index (χ4n) is 6.14. The second kappa shape index (κ2) is 10.3. The van der Waals surface area contributed by atoms with Gasteiger partial charge in [0.1, 0.15) is 17.5 Å². The number of nitrogens with one attached hydrogen (secondary N) is 1. The molecule has 2 saturated heterocycles. The minimum atomic E-state index is -0.514. The maximum absolute atomic E-state index is 13.6. The van der Waals surface area contributed by atoms with Crippen molar-refractivity contribution >= 4 is 23.9 Å². The Bertz CT molecular complexity index is 1320. The van der Waals surface area contributed by atoms with Gasteiger partial charge < -0.3 is 24.6 Å². The second-order valence-electron chi connectivity index (χ2n) is 12.2. The average Bonchev–Trinajstić information content (AvgIpc) is 3.22. The van der Waals surface area contributed by atoms with E-state index in [1.54, 1.807) is 16.0 Å². The summed E-state index contributed by atoms with van der Waals surface area (Å²) in [6.07, 6.45) is 3.83. The summed E-state index contributed by atoms with van der Waals surface area (Å²) in [4.78, 5) is 48.5. The molecule has 1 aromatic heterocycles. The van der Waals surface area contributed by atoms with Crippen LogP contribution in [0.25, 0.3) is 0 Å². The number of piperidine rings is 1. The number of ether oxygens (including phenoxy) is 2. The number of aromatic nitrogens is 1. The topological polar surface area (TPSA) is 104 Å². The van der Waals surface area contributed by atoms with Crippen LogP contribution < -0.4 is 5.32 Å². The van der Waals surface area contributed by atoms with Crippen LogP contribution in [0.15, 0.2) is 36.5 Å². The number of benzene rings is 1. The molecule has 0 spiro atoms. The van der Waals surface area contributed by atoms with Crippen molar-refractivity contribution in [2.24, 2.45) is 0 Å². The maximum Gasteiger partial charge on any atom is 0.410 e. The zero-order valence-electron chi connectivity index (χ0n) is 23.4. The molecule has 2 aromatic rings. The van der Waals surface area contributed by atoms with Crippen molar-refractivity contribution in [3.05, 3.63) is 58.8 Å². The van der Waals surface area contributed by atoms with E-state index in [1.807, 2.05) is 43.9 Å². The molecule has 4 aliphatic heterocycles. The van der Waals surface area contributed by atoms with Crippen LogP contribution in [-0.2, 0) is 28.9 Å². The highest BCUT2D eigenvalue weighted by Gasteiger charge is 2.45. The number of cyclic esters (lactones) is 1. The van der Waals surface area contributed by atoms with Crippen molar-refractivity contribution in [2.75, 3.05) is 31.5 Å². The van der Waals surface area contributed by atoms with E-state index < -0.39 is 5.60 Å². The van der Waals surface area contributed by atoms with Crippen molar-refractivity contribution in [1.82, 2.24) is 19.7 Å². The molecule has 0 radical (unpaired) electrons. The maximum atomic E-state index is 13.6. The molecule has 1 N–H and O–H groups in total. The Morgan fingerprint density at radius 1 is 1.10 bits per heavy atom. The number of hydrogen-bond acceptors (Lipinski definition) is 7. The molecule has 10 heteroatoms. The van der Waals surface area contributed by atoms with Crippen LogP contribution in [-0.4, -0.2) is 87.7 Å². The summed E-state index contributed by atoms with van der Waals surface area (Å²) in [6, 6.07) is 10.1. The van der Waals surface area contributed by atoms with Crippen molar-refractivity contribution in [3.63, 3.8) is 0 Å². The van der Waals surface area contributed by atoms with Gasteiger partial charge in [-0.05, 0) is 69.2 Å². The van der Waals surface area contributed by atoms with E-state index in [4.69, 9.17) is 9.47 Å². The third-order valence-electron chi connectivity index (χ3n) is 8.26. The average molecular weight is 548 g/mol. The van der Waals surface area contributed by atoms with E-state index in [1.165, 1.54) is 5.56 Å². The summed E-state index contributed by atoms with van der Waals surface area (Å²) in [6.45, 7) is 8.31. The molecule has 5 heterocycles. The Balaban J connectivity index is 1.08. The standard InChI is InChI=1S/C30H37N5O5/c1-30(2,3)40-28(37)33-12-9-22(10-13-33)32-26-15-23-20(16-31-26)8-11-34(27(23)36)18-25-24-14-19-6-4-5-7-21(19)17-35(24)29(38)39-25/h4-7,15-16,22,24-25H,8-14,17-18H2,1-3H3,(H,31,32)/t24-,25?/m0/s1. The second-order valence-corrected chi connectivity index (χ2v) is 12.2. The smallest absolute Gasteiger partial charge is 0.410 e. The lowest BCUT2D eigenvalue weighted by molar-refractivity contribution is 0.0210. The van der Waals surface area contributed by atoms with Crippen molar-refractivity contribution < 1.29 is 23.9 Å². The van der Waals surface area contributed by atoms with Gasteiger partial charge in [0.05, 0.1) is 12.6 Å². The van der Waals surface area contributed by atoms with Crippen LogP contribution >= 0.6 is 0 Å². The highest BCUT2D eigenvalue weighted by molar-refractivity contribution is 5.97. The molecule has 0 bridgehead atoms. The molecular weight excluding hydrogens is 510 g/mol. The first-order valence-corrected chi connectivity index (χ1v) is 14.2. The number of pyridine rings is 1. The van der Waals surface area contributed by atoms with Crippen molar-refractivity contribution in [1.29, 1.82) is 0 Å². The fraction of sp³-hybridized carbons (Fsp3) is 0.533. The van der Waals surface area contributed by atoms with Gasteiger partial charge in [0, 0.05) is 44.0 Å². The van der Waals surface area contributed by atoms with Crippen LogP contribution in [0, 0.1) is 0 Å². The highest BCUT2D eigenvalue weighted by Crippen LogP contribution is 2.33. The van der Waals surface area contributed by atoms with Gasteiger partial charge in [0.25, 0.3) is 5.91 Å². The van der Waals surface area contributed by atoms with Gasteiger partial charge >= 0.3 is 12.2 Å². The summed E-state index contributed by atoms with van der Waals surface area (Å²) in [5.74, 6) is 0.601. The normalized spacial score (nSPS) is 22.8. The SMILES string of the molecule is CC(C)(C)OC(=O)N1CCC(Nc2cc3c(cn2)CCN(CC2OC(=O)N4Cc5ccccc5C[C@@H]24)C3=O)CC1. The first kappa shape index (κ1) is 26.4. The van der Waals surface area contributed by atoms with Crippen LogP contribution in [0.4, 0.5) is 15.4 Å². The molecule has 212 valence electrons.